The SMILES string of the molecule is CCCCCCCCc1nc(C)cnc1C. The molecule has 0 spiro atoms. The fourth-order valence-electron chi connectivity index (χ4n) is 1.90. The van der Waals surface area contributed by atoms with E-state index in [0.717, 1.165) is 17.8 Å². The quantitative estimate of drug-likeness (QED) is 0.649. The van der Waals surface area contributed by atoms with Gasteiger partial charge >= 0.3 is 0 Å². The molecule has 0 unspecified atom stereocenters. The molecule has 0 bridgehead atoms. The van der Waals surface area contributed by atoms with Crippen LogP contribution >= 0.6 is 0 Å². The number of unbranched alkanes of at least 4 members (excludes halogenated alkanes) is 5. The average Bonchev–Trinajstić information content (AvgIpc) is 2.28. The van der Waals surface area contributed by atoms with Crippen LogP contribution in [0.5, 0.6) is 0 Å². The summed E-state index contributed by atoms with van der Waals surface area (Å²) in [4.78, 5) is 8.89. The monoisotopic (exact) mass is 220 g/mol. The second-order valence-electron chi connectivity index (χ2n) is 4.56. The molecular weight excluding hydrogens is 196 g/mol. The van der Waals surface area contributed by atoms with Gasteiger partial charge in [0.1, 0.15) is 0 Å². The number of aryl methyl sites for hydroxylation is 3. The summed E-state index contributed by atoms with van der Waals surface area (Å²) in [6.45, 7) is 6.32. The van der Waals surface area contributed by atoms with Crippen LogP contribution in [0.4, 0.5) is 0 Å². The van der Waals surface area contributed by atoms with Crippen LogP contribution in [0.2, 0.25) is 0 Å². The van der Waals surface area contributed by atoms with E-state index in [1.165, 1.54) is 44.2 Å². The lowest BCUT2D eigenvalue weighted by atomic mass is 10.1. The van der Waals surface area contributed by atoms with Crippen LogP contribution in [0.15, 0.2) is 6.20 Å². The molecule has 0 saturated heterocycles. The number of hydrogen-bond acceptors (Lipinski definition) is 2. The highest BCUT2D eigenvalue weighted by atomic mass is 14.8. The number of hydrogen-bond donors (Lipinski definition) is 0. The third kappa shape index (κ3) is 4.73. The Labute approximate surface area is 99.5 Å². The van der Waals surface area contributed by atoms with Gasteiger partial charge in [-0.25, -0.2) is 0 Å². The van der Waals surface area contributed by atoms with E-state index >= 15 is 0 Å². The zero-order valence-corrected chi connectivity index (χ0v) is 10.9. The van der Waals surface area contributed by atoms with Crippen molar-refractivity contribution in [3.05, 3.63) is 23.3 Å². The van der Waals surface area contributed by atoms with Gasteiger partial charge in [-0.3, -0.25) is 9.97 Å². The van der Waals surface area contributed by atoms with E-state index in [9.17, 15) is 0 Å². The highest BCUT2D eigenvalue weighted by molar-refractivity contribution is 5.11. The smallest absolute Gasteiger partial charge is 0.0619 e. The van der Waals surface area contributed by atoms with Gasteiger partial charge in [0, 0.05) is 6.20 Å². The summed E-state index contributed by atoms with van der Waals surface area (Å²) in [6, 6.07) is 0. The molecular formula is C14H24N2. The molecule has 0 aliphatic heterocycles. The molecule has 1 aromatic heterocycles. The van der Waals surface area contributed by atoms with Crippen molar-refractivity contribution in [1.29, 1.82) is 0 Å². The summed E-state index contributed by atoms with van der Waals surface area (Å²) in [5, 5.41) is 0. The minimum atomic E-state index is 1.03. The molecule has 0 aliphatic rings. The molecule has 2 heteroatoms. The maximum absolute atomic E-state index is 4.54. The van der Waals surface area contributed by atoms with Gasteiger partial charge in [-0.2, -0.15) is 0 Å². The van der Waals surface area contributed by atoms with E-state index in [4.69, 9.17) is 0 Å². The first kappa shape index (κ1) is 13.1. The van der Waals surface area contributed by atoms with Gasteiger partial charge in [0.05, 0.1) is 17.1 Å². The third-order valence-electron chi connectivity index (χ3n) is 2.94. The van der Waals surface area contributed by atoms with Crippen molar-refractivity contribution in [1.82, 2.24) is 9.97 Å². The predicted molar refractivity (Wildman–Crippen MR) is 68.6 cm³/mol. The van der Waals surface area contributed by atoms with E-state index < -0.39 is 0 Å². The van der Waals surface area contributed by atoms with Gasteiger partial charge < -0.3 is 0 Å². The van der Waals surface area contributed by atoms with Crippen molar-refractivity contribution in [2.75, 3.05) is 0 Å². The normalized spacial score (nSPS) is 10.7. The molecule has 16 heavy (non-hydrogen) atoms. The van der Waals surface area contributed by atoms with Crippen molar-refractivity contribution in [2.45, 2.75) is 65.7 Å². The molecule has 0 amide bonds. The first-order valence-corrected chi connectivity index (χ1v) is 6.53. The van der Waals surface area contributed by atoms with E-state index in [1.54, 1.807) is 0 Å². The van der Waals surface area contributed by atoms with Crippen molar-refractivity contribution < 1.29 is 0 Å². The maximum atomic E-state index is 4.54. The standard InChI is InChI=1S/C14H24N2/c1-4-5-6-7-8-9-10-14-13(3)15-11-12(2)16-14/h11H,4-10H2,1-3H3. The Hall–Kier alpha value is -0.920. The molecule has 0 saturated carbocycles. The fraction of sp³-hybridized carbons (Fsp3) is 0.714. The summed E-state index contributed by atoms with van der Waals surface area (Å²) < 4.78 is 0. The second-order valence-corrected chi connectivity index (χ2v) is 4.56. The molecule has 90 valence electrons. The van der Waals surface area contributed by atoms with Crippen molar-refractivity contribution in [2.24, 2.45) is 0 Å². The second kappa shape index (κ2) is 7.37. The van der Waals surface area contributed by atoms with Gasteiger partial charge in [-0.05, 0) is 26.7 Å². The van der Waals surface area contributed by atoms with E-state index in [0.29, 0.717) is 0 Å². The van der Waals surface area contributed by atoms with Crippen LogP contribution in [0.25, 0.3) is 0 Å². The van der Waals surface area contributed by atoms with Crippen LogP contribution in [0, 0.1) is 13.8 Å². The van der Waals surface area contributed by atoms with Crippen molar-refractivity contribution >= 4 is 0 Å². The zero-order valence-electron chi connectivity index (χ0n) is 10.9. The average molecular weight is 220 g/mol. The van der Waals surface area contributed by atoms with Gasteiger partial charge in [-0.15, -0.1) is 0 Å². The summed E-state index contributed by atoms with van der Waals surface area (Å²) in [5.74, 6) is 0. The van der Waals surface area contributed by atoms with Crippen LogP contribution in [0.1, 0.15) is 62.5 Å². The molecule has 0 N–H and O–H groups in total. The summed E-state index contributed by atoms with van der Waals surface area (Å²) in [6.07, 6.45) is 11.0. The van der Waals surface area contributed by atoms with Gasteiger partial charge in [0.2, 0.25) is 0 Å². The minimum absolute atomic E-state index is 1.03. The molecule has 2 nitrogen and oxygen atoms in total. The summed E-state index contributed by atoms with van der Waals surface area (Å²) >= 11 is 0. The highest BCUT2D eigenvalue weighted by Gasteiger charge is 2.01. The Morgan fingerprint density at radius 1 is 1.00 bits per heavy atom. The molecule has 0 aliphatic carbocycles. The van der Waals surface area contributed by atoms with Crippen LogP contribution < -0.4 is 0 Å². The van der Waals surface area contributed by atoms with Crippen LogP contribution in [-0.2, 0) is 6.42 Å². The lowest BCUT2D eigenvalue weighted by Crippen LogP contribution is -1.99. The lowest BCUT2D eigenvalue weighted by molar-refractivity contribution is 0.603. The zero-order chi connectivity index (χ0) is 11.8. The Balaban J connectivity index is 2.23. The summed E-state index contributed by atoms with van der Waals surface area (Å²) in [7, 11) is 0. The van der Waals surface area contributed by atoms with E-state index in [1.807, 2.05) is 13.1 Å². The van der Waals surface area contributed by atoms with Gasteiger partial charge in [0.15, 0.2) is 0 Å². The minimum Gasteiger partial charge on any atom is -0.258 e. The molecule has 0 radical (unpaired) electrons. The predicted octanol–water partition coefficient (Wildman–Crippen LogP) is 4.00. The summed E-state index contributed by atoms with van der Waals surface area (Å²) in [5.41, 5.74) is 3.32. The lowest BCUT2D eigenvalue weighted by Gasteiger charge is -2.05. The molecule has 1 heterocycles. The molecule has 0 fully saturated rings. The van der Waals surface area contributed by atoms with Crippen LogP contribution in [0.3, 0.4) is 0 Å². The maximum Gasteiger partial charge on any atom is 0.0619 e. The fourth-order valence-corrected chi connectivity index (χ4v) is 1.90. The van der Waals surface area contributed by atoms with Crippen molar-refractivity contribution in [3.63, 3.8) is 0 Å². The Bertz CT molecular complexity index is 308. The Kier molecular flexibility index (Phi) is 6.05. The number of nitrogens with zero attached hydrogens (tertiary/aromatic N) is 2. The van der Waals surface area contributed by atoms with Crippen molar-refractivity contribution in [3.8, 4) is 0 Å². The van der Waals surface area contributed by atoms with E-state index in [2.05, 4.69) is 23.8 Å². The number of aromatic nitrogens is 2. The molecule has 1 rings (SSSR count). The van der Waals surface area contributed by atoms with Gasteiger partial charge in [-0.1, -0.05) is 39.0 Å². The van der Waals surface area contributed by atoms with Gasteiger partial charge in [0.25, 0.3) is 0 Å². The first-order chi connectivity index (χ1) is 7.74. The third-order valence-corrected chi connectivity index (χ3v) is 2.94. The molecule has 0 aromatic carbocycles. The Morgan fingerprint density at radius 3 is 2.44 bits per heavy atom. The van der Waals surface area contributed by atoms with E-state index in [-0.39, 0.29) is 0 Å². The Morgan fingerprint density at radius 2 is 1.69 bits per heavy atom. The van der Waals surface area contributed by atoms with Crippen LogP contribution in [-0.4, -0.2) is 9.97 Å². The topological polar surface area (TPSA) is 25.8 Å². The largest absolute Gasteiger partial charge is 0.258 e. The highest BCUT2D eigenvalue weighted by Crippen LogP contribution is 2.10. The molecule has 0 atom stereocenters. The first-order valence-electron chi connectivity index (χ1n) is 6.53. The molecule has 1 aromatic rings. The number of rotatable bonds is 7.